The maximum absolute atomic E-state index is 12.7. The number of nitrogens with zero attached hydrogens (tertiary/aromatic N) is 2. The van der Waals surface area contributed by atoms with E-state index in [2.05, 4.69) is 41.8 Å². The lowest BCUT2D eigenvalue weighted by atomic mass is 9.64. The Morgan fingerprint density at radius 2 is 1.83 bits per heavy atom. The molecule has 0 aliphatic carbocycles. The fourth-order valence-corrected chi connectivity index (χ4v) is 6.10. The zero-order chi connectivity index (χ0) is 20.8. The van der Waals surface area contributed by atoms with Crippen LogP contribution in [0.15, 0.2) is 24.3 Å². The van der Waals surface area contributed by atoms with Gasteiger partial charge in [0.1, 0.15) is 11.4 Å². The molecule has 3 saturated heterocycles. The molecule has 3 fully saturated rings. The quantitative estimate of drug-likeness (QED) is 0.752. The van der Waals surface area contributed by atoms with E-state index in [1.54, 1.807) is 0 Å². The number of ether oxygens (including phenoxy) is 2. The lowest BCUT2D eigenvalue weighted by Gasteiger charge is -2.54. The summed E-state index contributed by atoms with van der Waals surface area (Å²) in [5.74, 6) is 1.65. The van der Waals surface area contributed by atoms with Crippen LogP contribution < -0.4 is 4.74 Å². The topological polar surface area (TPSA) is 42.0 Å². The van der Waals surface area contributed by atoms with Crippen molar-refractivity contribution in [2.75, 3.05) is 39.3 Å². The van der Waals surface area contributed by atoms with Crippen LogP contribution in [-0.4, -0.2) is 60.6 Å². The summed E-state index contributed by atoms with van der Waals surface area (Å²) < 4.78 is 13.0. The molecule has 5 rings (SSSR count). The molecule has 1 spiro atoms. The maximum Gasteiger partial charge on any atom is 0.223 e. The van der Waals surface area contributed by atoms with Crippen molar-refractivity contribution in [3.8, 4) is 5.75 Å². The Balaban J connectivity index is 1.21. The van der Waals surface area contributed by atoms with E-state index in [0.717, 1.165) is 64.3 Å². The molecule has 0 unspecified atom stereocenters. The van der Waals surface area contributed by atoms with E-state index in [-0.39, 0.29) is 17.1 Å². The first-order chi connectivity index (χ1) is 14.5. The fraction of sp³-hybridized carbons (Fsp3) is 0.720. The van der Waals surface area contributed by atoms with Gasteiger partial charge in [-0.25, -0.2) is 0 Å². The molecule has 0 bridgehead atoms. The van der Waals surface area contributed by atoms with Gasteiger partial charge in [-0.2, -0.15) is 0 Å². The van der Waals surface area contributed by atoms with Crippen molar-refractivity contribution < 1.29 is 14.3 Å². The summed E-state index contributed by atoms with van der Waals surface area (Å²) in [5, 5.41) is 0. The normalized spacial score (nSPS) is 29.9. The zero-order valence-electron chi connectivity index (χ0n) is 18.6. The van der Waals surface area contributed by atoms with Crippen LogP contribution >= 0.6 is 0 Å². The van der Waals surface area contributed by atoms with Crippen LogP contribution in [0.3, 0.4) is 0 Å². The maximum atomic E-state index is 12.7. The number of piperidine rings is 1. The molecule has 5 nitrogen and oxygen atoms in total. The van der Waals surface area contributed by atoms with Crippen LogP contribution in [0.4, 0.5) is 0 Å². The van der Waals surface area contributed by atoms with Crippen molar-refractivity contribution in [3.05, 3.63) is 29.8 Å². The highest BCUT2D eigenvalue weighted by atomic mass is 16.5. The molecule has 0 N–H and O–H groups in total. The molecule has 1 amide bonds. The van der Waals surface area contributed by atoms with E-state index in [4.69, 9.17) is 9.47 Å². The van der Waals surface area contributed by atoms with Crippen molar-refractivity contribution >= 4 is 5.91 Å². The Hall–Kier alpha value is -1.59. The number of benzene rings is 1. The van der Waals surface area contributed by atoms with E-state index < -0.39 is 0 Å². The average Bonchev–Trinajstić information content (AvgIpc) is 3.26. The van der Waals surface area contributed by atoms with E-state index in [0.29, 0.717) is 18.2 Å². The van der Waals surface area contributed by atoms with Crippen LogP contribution in [0.2, 0.25) is 0 Å². The lowest BCUT2D eigenvalue weighted by molar-refractivity contribution is -0.176. The summed E-state index contributed by atoms with van der Waals surface area (Å²) in [5.41, 5.74) is 1.14. The molecule has 0 aromatic heterocycles. The van der Waals surface area contributed by atoms with Crippen LogP contribution in [0.25, 0.3) is 0 Å². The molecule has 5 heteroatoms. The molecule has 0 saturated carbocycles. The number of carbonyl (C=O) groups excluding carboxylic acids is 1. The van der Waals surface area contributed by atoms with Crippen molar-refractivity contribution in [2.24, 2.45) is 11.3 Å². The van der Waals surface area contributed by atoms with Gasteiger partial charge in [0.15, 0.2) is 0 Å². The second-order valence-electron chi connectivity index (χ2n) is 10.5. The molecule has 1 aromatic rings. The molecule has 0 radical (unpaired) electrons. The Bertz CT molecular complexity index is 778. The second kappa shape index (κ2) is 7.83. The number of amides is 1. The summed E-state index contributed by atoms with van der Waals surface area (Å²) in [6.45, 7) is 10.2. The van der Waals surface area contributed by atoms with Gasteiger partial charge in [0.25, 0.3) is 0 Å². The van der Waals surface area contributed by atoms with E-state index >= 15 is 0 Å². The molecule has 4 aliphatic heterocycles. The monoisotopic (exact) mass is 412 g/mol. The van der Waals surface area contributed by atoms with Gasteiger partial charge in [0, 0.05) is 37.5 Å². The fourth-order valence-electron chi connectivity index (χ4n) is 6.10. The molecule has 164 valence electrons. The predicted molar refractivity (Wildman–Crippen MR) is 116 cm³/mol. The van der Waals surface area contributed by atoms with Gasteiger partial charge >= 0.3 is 0 Å². The number of carbonyl (C=O) groups is 1. The summed E-state index contributed by atoms with van der Waals surface area (Å²) in [6, 6.07) is 8.34. The summed E-state index contributed by atoms with van der Waals surface area (Å²) in [6.07, 6.45) is 6.57. The van der Waals surface area contributed by atoms with Crippen molar-refractivity contribution in [2.45, 2.75) is 64.1 Å². The van der Waals surface area contributed by atoms with Gasteiger partial charge in [0.05, 0.1) is 12.7 Å². The summed E-state index contributed by atoms with van der Waals surface area (Å²) in [4.78, 5) is 17.3. The average molecular weight is 413 g/mol. The van der Waals surface area contributed by atoms with Gasteiger partial charge in [0.2, 0.25) is 5.91 Å². The van der Waals surface area contributed by atoms with Gasteiger partial charge < -0.3 is 19.3 Å². The predicted octanol–water partition coefficient (Wildman–Crippen LogP) is 4.03. The summed E-state index contributed by atoms with van der Waals surface area (Å²) >= 11 is 0. The standard InChI is InChI=1S/C25H36N2O3/c1-24(2)20-17-25(18-29-23(20)19-7-3-4-8-21(19)30-24)10-15-27(16-11-25)22(28)9-14-26-12-5-6-13-26/h3-4,7-8,20,23H,5-6,9-18H2,1-2H3/t20-,23+/m0/s1. The van der Waals surface area contributed by atoms with Gasteiger partial charge in [-0.15, -0.1) is 0 Å². The van der Waals surface area contributed by atoms with E-state index in [1.807, 2.05) is 6.07 Å². The minimum Gasteiger partial charge on any atom is -0.487 e. The molecular weight excluding hydrogens is 376 g/mol. The Morgan fingerprint density at radius 3 is 2.60 bits per heavy atom. The first-order valence-electron chi connectivity index (χ1n) is 11.9. The Kier molecular flexibility index (Phi) is 5.30. The third-order valence-corrected chi connectivity index (χ3v) is 8.10. The van der Waals surface area contributed by atoms with Crippen LogP contribution in [0.5, 0.6) is 5.75 Å². The number of hydrogen-bond donors (Lipinski definition) is 0. The van der Waals surface area contributed by atoms with E-state index in [9.17, 15) is 4.79 Å². The smallest absolute Gasteiger partial charge is 0.223 e. The molecule has 4 heterocycles. The molecular formula is C25H36N2O3. The number of fused-ring (bicyclic) bond motifs is 3. The highest BCUT2D eigenvalue weighted by Gasteiger charge is 2.52. The second-order valence-corrected chi connectivity index (χ2v) is 10.5. The Morgan fingerprint density at radius 1 is 1.10 bits per heavy atom. The van der Waals surface area contributed by atoms with E-state index in [1.165, 1.54) is 18.4 Å². The minimum atomic E-state index is -0.241. The zero-order valence-corrected chi connectivity index (χ0v) is 18.6. The number of hydrogen-bond acceptors (Lipinski definition) is 4. The first-order valence-corrected chi connectivity index (χ1v) is 11.9. The lowest BCUT2D eigenvalue weighted by Crippen LogP contribution is -2.54. The third kappa shape index (κ3) is 3.75. The Labute approximate surface area is 180 Å². The van der Waals surface area contributed by atoms with Gasteiger partial charge in [-0.3, -0.25) is 4.79 Å². The van der Waals surface area contributed by atoms with Gasteiger partial charge in [-0.1, -0.05) is 18.2 Å². The molecule has 1 aromatic carbocycles. The minimum absolute atomic E-state index is 0.121. The number of para-hydroxylation sites is 1. The van der Waals surface area contributed by atoms with Crippen LogP contribution in [0.1, 0.15) is 64.0 Å². The highest BCUT2D eigenvalue weighted by Crippen LogP contribution is 2.55. The number of rotatable bonds is 3. The van der Waals surface area contributed by atoms with Crippen molar-refractivity contribution in [1.82, 2.24) is 9.80 Å². The molecule has 4 aliphatic rings. The largest absolute Gasteiger partial charge is 0.487 e. The van der Waals surface area contributed by atoms with Crippen molar-refractivity contribution in [3.63, 3.8) is 0 Å². The van der Waals surface area contributed by atoms with Gasteiger partial charge in [-0.05, 0) is 70.5 Å². The third-order valence-electron chi connectivity index (χ3n) is 8.10. The number of likely N-dealkylation sites (tertiary alicyclic amines) is 2. The van der Waals surface area contributed by atoms with Crippen molar-refractivity contribution in [1.29, 1.82) is 0 Å². The van der Waals surface area contributed by atoms with Crippen LogP contribution in [0, 0.1) is 11.3 Å². The first kappa shape index (κ1) is 20.3. The SMILES string of the molecule is CC1(C)Oc2ccccc2[C@H]2OCC3(CCN(C(=O)CCN4CCCC4)CC3)C[C@@H]21. The molecule has 2 atom stereocenters. The summed E-state index contributed by atoms with van der Waals surface area (Å²) in [7, 11) is 0. The highest BCUT2D eigenvalue weighted by molar-refractivity contribution is 5.76. The molecule has 30 heavy (non-hydrogen) atoms. The van der Waals surface area contributed by atoms with Crippen LogP contribution in [-0.2, 0) is 9.53 Å².